The highest BCUT2D eigenvalue weighted by Gasteiger charge is 2.35. The molecule has 1 N–H and O–H groups in total. The second kappa shape index (κ2) is 5.16. The molecular formula is C10H13N5O. The Morgan fingerprint density at radius 3 is 2.62 bits per heavy atom. The summed E-state index contributed by atoms with van der Waals surface area (Å²) in [6.45, 7) is 3.60. The molecule has 1 rings (SSSR count). The van der Waals surface area contributed by atoms with Gasteiger partial charge in [-0.2, -0.15) is 10.4 Å². The summed E-state index contributed by atoms with van der Waals surface area (Å²) < 4.78 is 0. The number of nitrogens with zero attached hydrogens (tertiary/aromatic N) is 4. The molecule has 0 radical (unpaired) electrons. The number of carbonyl (C=O) groups is 1. The Labute approximate surface area is 93.7 Å². The average Bonchev–Trinajstić information content (AvgIpc) is 2.33. The Kier molecular flexibility index (Phi) is 3.89. The van der Waals surface area contributed by atoms with E-state index in [4.69, 9.17) is 5.26 Å². The zero-order valence-electron chi connectivity index (χ0n) is 9.27. The van der Waals surface area contributed by atoms with Gasteiger partial charge in [-0.05, 0) is 12.8 Å². The second-order valence-corrected chi connectivity index (χ2v) is 3.32. The van der Waals surface area contributed by atoms with Crippen LogP contribution in [0, 0.1) is 16.7 Å². The first-order chi connectivity index (χ1) is 7.68. The monoisotopic (exact) mass is 219 g/mol. The number of anilines is 1. The lowest BCUT2D eigenvalue weighted by molar-refractivity contribution is -0.123. The largest absolute Gasteiger partial charge is 0.292 e. The Morgan fingerprint density at radius 1 is 1.50 bits per heavy atom. The van der Waals surface area contributed by atoms with Crippen LogP contribution in [0.4, 0.5) is 5.95 Å². The molecule has 0 spiro atoms. The van der Waals surface area contributed by atoms with E-state index in [0.29, 0.717) is 12.8 Å². The van der Waals surface area contributed by atoms with Crippen molar-refractivity contribution in [1.29, 1.82) is 5.26 Å². The van der Waals surface area contributed by atoms with E-state index < -0.39 is 5.41 Å². The normalized spacial score (nSPS) is 10.6. The minimum atomic E-state index is -1.01. The van der Waals surface area contributed by atoms with Gasteiger partial charge in [0.05, 0.1) is 18.5 Å². The zero-order valence-corrected chi connectivity index (χ0v) is 9.27. The average molecular weight is 219 g/mol. The Morgan fingerprint density at radius 2 is 2.19 bits per heavy atom. The summed E-state index contributed by atoms with van der Waals surface area (Å²) in [7, 11) is 0. The van der Waals surface area contributed by atoms with Crippen LogP contribution in [0.1, 0.15) is 26.7 Å². The Balaban J connectivity index is 2.83. The third-order valence-electron chi connectivity index (χ3n) is 2.56. The summed E-state index contributed by atoms with van der Waals surface area (Å²) in [5, 5.41) is 18.8. The van der Waals surface area contributed by atoms with Crippen LogP contribution >= 0.6 is 0 Å². The van der Waals surface area contributed by atoms with Gasteiger partial charge in [0.2, 0.25) is 11.9 Å². The molecule has 0 bridgehead atoms. The first-order valence-corrected chi connectivity index (χ1v) is 5.05. The van der Waals surface area contributed by atoms with E-state index in [1.165, 1.54) is 12.4 Å². The molecule has 0 aliphatic carbocycles. The van der Waals surface area contributed by atoms with E-state index in [9.17, 15) is 4.79 Å². The first-order valence-electron chi connectivity index (χ1n) is 5.05. The minimum Gasteiger partial charge on any atom is -0.292 e. The molecule has 0 saturated carbocycles. The van der Waals surface area contributed by atoms with Crippen molar-refractivity contribution < 1.29 is 4.79 Å². The van der Waals surface area contributed by atoms with Crippen molar-refractivity contribution in [3.8, 4) is 6.07 Å². The van der Waals surface area contributed by atoms with Crippen molar-refractivity contribution in [2.75, 3.05) is 5.32 Å². The standard InChI is InChI=1S/C10H13N5O/c1-3-10(4-2,7-11)8(16)14-9-12-5-6-13-15-9/h5-6H,3-4H2,1-2H3,(H,12,14,15,16). The highest BCUT2D eigenvalue weighted by molar-refractivity contribution is 5.95. The minimum absolute atomic E-state index is 0.119. The number of hydrogen-bond donors (Lipinski definition) is 1. The number of carbonyl (C=O) groups excluding carboxylic acids is 1. The van der Waals surface area contributed by atoms with E-state index in [0.717, 1.165) is 0 Å². The molecule has 0 aromatic carbocycles. The maximum Gasteiger partial charge on any atom is 0.249 e. The molecule has 6 heteroatoms. The lowest BCUT2D eigenvalue weighted by Gasteiger charge is -2.21. The molecule has 1 aromatic heterocycles. The fourth-order valence-electron chi connectivity index (χ4n) is 1.31. The van der Waals surface area contributed by atoms with Crippen LogP contribution in [0.3, 0.4) is 0 Å². The van der Waals surface area contributed by atoms with E-state index in [2.05, 4.69) is 20.5 Å². The van der Waals surface area contributed by atoms with Crippen molar-refractivity contribution in [3.63, 3.8) is 0 Å². The molecule has 0 atom stereocenters. The molecule has 6 nitrogen and oxygen atoms in total. The topological polar surface area (TPSA) is 91.6 Å². The molecule has 0 aliphatic heterocycles. The number of nitrogens with one attached hydrogen (secondary N) is 1. The van der Waals surface area contributed by atoms with Gasteiger partial charge in [-0.25, -0.2) is 4.98 Å². The summed E-state index contributed by atoms with van der Waals surface area (Å²) in [5.74, 6) is -0.262. The van der Waals surface area contributed by atoms with Crippen LogP contribution in [0.2, 0.25) is 0 Å². The number of nitriles is 1. The van der Waals surface area contributed by atoms with Crippen molar-refractivity contribution in [2.45, 2.75) is 26.7 Å². The summed E-state index contributed by atoms with van der Waals surface area (Å²) in [4.78, 5) is 15.7. The van der Waals surface area contributed by atoms with E-state index in [1.54, 1.807) is 13.8 Å². The van der Waals surface area contributed by atoms with Crippen LogP contribution in [0.5, 0.6) is 0 Å². The van der Waals surface area contributed by atoms with Crippen LogP contribution in [-0.2, 0) is 4.79 Å². The lowest BCUT2D eigenvalue weighted by atomic mass is 9.83. The highest BCUT2D eigenvalue weighted by Crippen LogP contribution is 2.26. The predicted molar refractivity (Wildman–Crippen MR) is 57.1 cm³/mol. The third-order valence-corrected chi connectivity index (χ3v) is 2.56. The molecule has 1 heterocycles. The Bertz CT molecular complexity index is 393. The summed E-state index contributed by atoms with van der Waals surface area (Å²) in [5.41, 5.74) is -1.01. The SMILES string of the molecule is CCC(C#N)(CC)C(=O)Nc1nccnn1. The second-order valence-electron chi connectivity index (χ2n) is 3.32. The van der Waals surface area contributed by atoms with Crippen molar-refractivity contribution in [3.05, 3.63) is 12.4 Å². The third kappa shape index (κ3) is 2.31. The van der Waals surface area contributed by atoms with E-state index in [1.807, 2.05) is 6.07 Å². The Hall–Kier alpha value is -2.03. The van der Waals surface area contributed by atoms with Gasteiger partial charge in [-0.15, -0.1) is 5.10 Å². The number of rotatable bonds is 4. The predicted octanol–water partition coefficient (Wildman–Crippen LogP) is 1.14. The van der Waals surface area contributed by atoms with E-state index in [-0.39, 0.29) is 11.9 Å². The molecule has 0 unspecified atom stereocenters. The van der Waals surface area contributed by atoms with Crippen molar-refractivity contribution in [2.24, 2.45) is 5.41 Å². The van der Waals surface area contributed by atoms with Crippen molar-refractivity contribution in [1.82, 2.24) is 15.2 Å². The maximum absolute atomic E-state index is 11.9. The van der Waals surface area contributed by atoms with Gasteiger partial charge < -0.3 is 0 Å². The fraction of sp³-hybridized carbons (Fsp3) is 0.500. The molecule has 84 valence electrons. The molecular weight excluding hydrogens is 206 g/mol. The maximum atomic E-state index is 11.9. The number of hydrogen-bond acceptors (Lipinski definition) is 5. The van der Waals surface area contributed by atoms with Gasteiger partial charge in [0.25, 0.3) is 0 Å². The van der Waals surface area contributed by atoms with Gasteiger partial charge in [-0.1, -0.05) is 13.8 Å². The van der Waals surface area contributed by atoms with Gasteiger partial charge in [0.1, 0.15) is 5.41 Å². The van der Waals surface area contributed by atoms with Crippen LogP contribution in [0.25, 0.3) is 0 Å². The molecule has 0 aliphatic rings. The lowest BCUT2D eigenvalue weighted by Crippen LogP contribution is -2.34. The van der Waals surface area contributed by atoms with Gasteiger partial charge in [0, 0.05) is 0 Å². The van der Waals surface area contributed by atoms with Gasteiger partial charge in [-0.3, -0.25) is 10.1 Å². The molecule has 16 heavy (non-hydrogen) atoms. The highest BCUT2D eigenvalue weighted by atomic mass is 16.2. The van der Waals surface area contributed by atoms with Gasteiger partial charge >= 0.3 is 0 Å². The zero-order chi connectivity index (χ0) is 12.0. The van der Waals surface area contributed by atoms with Crippen LogP contribution in [0.15, 0.2) is 12.4 Å². The summed E-state index contributed by atoms with van der Waals surface area (Å²) >= 11 is 0. The number of aromatic nitrogens is 3. The van der Waals surface area contributed by atoms with E-state index >= 15 is 0 Å². The molecule has 0 saturated heterocycles. The summed E-state index contributed by atoms with van der Waals surface area (Å²) in [6, 6.07) is 2.05. The quantitative estimate of drug-likeness (QED) is 0.819. The molecule has 1 aromatic rings. The fourth-order valence-corrected chi connectivity index (χ4v) is 1.31. The molecule has 1 amide bonds. The van der Waals surface area contributed by atoms with Crippen LogP contribution < -0.4 is 5.32 Å². The summed E-state index contributed by atoms with van der Waals surface area (Å²) in [6.07, 6.45) is 3.74. The number of amides is 1. The van der Waals surface area contributed by atoms with Gasteiger partial charge in [0.15, 0.2) is 0 Å². The smallest absolute Gasteiger partial charge is 0.249 e. The van der Waals surface area contributed by atoms with Crippen LogP contribution in [-0.4, -0.2) is 21.1 Å². The first kappa shape index (κ1) is 12.0. The molecule has 0 fully saturated rings. The van der Waals surface area contributed by atoms with Crippen molar-refractivity contribution >= 4 is 11.9 Å².